The van der Waals surface area contributed by atoms with Gasteiger partial charge in [-0.05, 0) is 42.9 Å². The summed E-state index contributed by atoms with van der Waals surface area (Å²) >= 11 is 5.93. The average Bonchev–Trinajstić information content (AvgIpc) is 2.41. The van der Waals surface area contributed by atoms with Gasteiger partial charge in [0.2, 0.25) is 0 Å². The van der Waals surface area contributed by atoms with E-state index in [1.54, 1.807) is 0 Å². The second-order valence-electron chi connectivity index (χ2n) is 5.65. The van der Waals surface area contributed by atoms with Gasteiger partial charge in [-0.25, -0.2) is 4.79 Å². The van der Waals surface area contributed by atoms with Crippen molar-refractivity contribution in [3.8, 4) is 0 Å². The molecule has 110 valence electrons. The van der Waals surface area contributed by atoms with Crippen molar-refractivity contribution >= 4 is 17.6 Å². The topological polar surface area (TPSA) is 41.1 Å². The SMILES string of the molecule is C[C@@H]1CCCC[C@@H]1NC(=O)NCCc1cccc(Cl)c1. The third-order valence-electron chi connectivity index (χ3n) is 4.02. The number of carbonyl (C=O) groups is 1. The molecule has 4 heteroatoms. The fraction of sp³-hybridized carbons (Fsp3) is 0.562. The standard InChI is InChI=1S/C16H23ClN2O/c1-12-5-2-3-8-15(12)19-16(20)18-10-9-13-6-4-7-14(17)11-13/h4,6-7,11-12,15H,2-3,5,8-10H2,1H3,(H2,18,19,20)/t12-,15+/m1/s1. The van der Waals surface area contributed by atoms with Gasteiger partial charge in [0.1, 0.15) is 0 Å². The first-order valence-electron chi connectivity index (χ1n) is 7.44. The Labute approximate surface area is 126 Å². The second kappa shape index (κ2) is 7.53. The largest absolute Gasteiger partial charge is 0.338 e. The van der Waals surface area contributed by atoms with E-state index in [1.807, 2.05) is 24.3 Å². The Morgan fingerprint density at radius 1 is 1.35 bits per heavy atom. The lowest BCUT2D eigenvalue weighted by Gasteiger charge is -2.29. The van der Waals surface area contributed by atoms with Crippen LogP contribution in [0.25, 0.3) is 0 Å². The monoisotopic (exact) mass is 294 g/mol. The van der Waals surface area contributed by atoms with Crippen LogP contribution in [-0.2, 0) is 6.42 Å². The molecule has 1 aromatic rings. The van der Waals surface area contributed by atoms with Gasteiger partial charge in [0, 0.05) is 17.6 Å². The van der Waals surface area contributed by atoms with Crippen molar-refractivity contribution in [3.63, 3.8) is 0 Å². The molecule has 0 unspecified atom stereocenters. The molecule has 0 aliphatic heterocycles. The number of carbonyl (C=O) groups excluding carboxylic acids is 1. The van der Waals surface area contributed by atoms with Gasteiger partial charge in [0.05, 0.1) is 0 Å². The Morgan fingerprint density at radius 2 is 2.15 bits per heavy atom. The van der Waals surface area contributed by atoms with Crippen LogP contribution in [0.1, 0.15) is 38.2 Å². The molecule has 0 radical (unpaired) electrons. The molecule has 1 aliphatic rings. The molecule has 3 nitrogen and oxygen atoms in total. The first-order chi connectivity index (χ1) is 9.65. The van der Waals surface area contributed by atoms with Crippen LogP contribution in [0.15, 0.2) is 24.3 Å². The van der Waals surface area contributed by atoms with E-state index in [2.05, 4.69) is 17.6 Å². The summed E-state index contributed by atoms with van der Waals surface area (Å²) < 4.78 is 0. The van der Waals surface area contributed by atoms with Gasteiger partial charge in [-0.1, -0.05) is 43.5 Å². The molecule has 1 fully saturated rings. The van der Waals surface area contributed by atoms with Gasteiger partial charge >= 0.3 is 6.03 Å². The Kier molecular flexibility index (Phi) is 5.72. The Morgan fingerprint density at radius 3 is 2.90 bits per heavy atom. The van der Waals surface area contributed by atoms with Gasteiger partial charge in [-0.2, -0.15) is 0 Å². The Hall–Kier alpha value is -1.22. The normalized spacial score (nSPS) is 22.3. The smallest absolute Gasteiger partial charge is 0.315 e. The van der Waals surface area contributed by atoms with Gasteiger partial charge in [-0.15, -0.1) is 0 Å². The lowest BCUT2D eigenvalue weighted by atomic mass is 9.86. The highest BCUT2D eigenvalue weighted by atomic mass is 35.5. The molecule has 1 aromatic carbocycles. The molecular formula is C16H23ClN2O. The van der Waals surface area contributed by atoms with Crippen molar-refractivity contribution in [1.29, 1.82) is 0 Å². The zero-order chi connectivity index (χ0) is 14.4. The minimum Gasteiger partial charge on any atom is -0.338 e. The summed E-state index contributed by atoms with van der Waals surface area (Å²) in [5.41, 5.74) is 1.14. The molecule has 1 saturated carbocycles. The summed E-state index contributed by atoms with van der Waals surface area (Å²) in [6.45, 7) is 2.85. The molecule has 2 amide bonds. The minimum absolute atomic E-state index is 0.0502. The lowest BCUT2D eigenvalue weighted by Crippen LogP contribution is -2.46. The maximum Gasteiger partial charge on any atom is 0.315 e. The molecule has 1 aliphatic carbocycles. The van der Waals surface area contributed by atoms with E-state index in [0.29, 0.717) is 18.5 Å². The van der Waals surface area contributed by atoms with Crippen LogP contribution < -0.4 is 10.6 Å². The molecule has 0 bridgehead atoms. The molecule has 0 aromatic heterocycles. The number of urea groups is 1. The fourth-order valence-corrected chi connectivity index (χ4v) is 2.98. The zero-order valence-electron chi connectivity index (χ0n) is 12.0. The van der Waals surface area contributed by atoms with Crippen LogP contribution >= 0.6 is 11.6 Å². The minimum atomic E-state index is -0.0502. The van der Waals surface area contributed by atoms with E-state index in [1.165, 1.54) is 19.3 Å². The Balaban J connectivity index is 1.70. The van der Waals surface area contributed by atoms with Gasteiger partial charge in [0.25, 0.3) is 0 Å². The van der Waals surface area contributed by atoms with Crippen molar-refractivity contribution in [1.82, 2.24) is 10.6 Å². The van der Waals surface area contributed by atoms with Crippen LogP contribution in [0, 0.1) is 5.92 Å². The second-order valence-corrected chi connectivity index (χ2v) is 6.08. The van der Waals surface area contributed by atoms with E-state index < -0.39 is 0 Å². The zero-order valence-corrected chi connectivity index (χ0v) is 12.7. The van der Waals surface area contributed by atoms with Crippen LogP contribution in [0.4, 0.5) is 4.79 Å². The van der Waals surface area contributed by atoms with Crippen LogP contribution in [0.5, 0.6) is 0 Å². The predicted octanol–water partition coefficient (Wildman–Crippen LogP) is 3.76. The molecule has 2 N–H and O–H groups in total. The molecule has 0 heterocycles. The number of benzene rings is 1. The summed E-state index contributed by atoms with van der Waals surface area (Å²) in [6, 6.07) is 8.02. The first kappa shape index (κ1) is 15.2. The lowest BCUT2D eigenvalue weighted by molar-refractivity contribution is 0.222. The highest BCUT2D eigenvalue weighted by molar-refractivity contribution is 6.30. The highest BCUT2D eigenvalue weighted by Crippen LogP contribution is 2.23. The van der Waals surface area contributed by atoms with E-state index in [9.17, 15) is 4.79 Å². The molecule has 0 spiro atoms. The Bertz CT molecular complexity index is 450. The average molecular weight is 295 g/mol. The van der Waals surface area contributed by atoms with Crippen molar-refractivity contribution in [2.75, 3.05) is 6.54 Å². The summed E-state index contributed by atoms with van der Waals surface area (Å²) in [5.74, 6) is 0.586. The summed E-state index contributed by atoms with van der Waals surface area (Å²) in [6.07, 6.45) is 5.62. The van der Waals surface area contributed by atoms with Gasteiger partial charge in [-0.3, -0.25) is 0 Å². The maximum absolute atomic E-state index is 11.9. The van der Waals surface area contributed by atoms with E-state index in [-0.39, 0.29) is 6.03 Å². The quantitative estimate of drug-likeness (QED) is 0.872. The highest BCUT2D eigenvalue weighted by Gasteiger charge is 2.22. The third-order valence-corrected chi connectivity index (χ3v) is 4.25. The van der Waals surface area contributed by atoms with Crippen molar-refractivity contribution in [2.24, 2.45) is 5.92 Å². The third kappa shape index (κ3) is 4.71. The van der Waals surface area contributed by atoms with E-state index in [0.717, 1.165) is 23.4 Å². The van der Waals surface area contributed by atoms with Gasteiger partial charge < -0.3 is 10.6 Å². The summed E-state index contributed by atoms with van der Waals surface area (Å²) in [5, 5.41) is 6.75. The summed E-state index contributed by atoms with van der Waals surface area (Å²) in [7, 11) is 0. The van der Waals surface area contributed by atoms with Crippen LogP contribution in [0.3, 0.4) is 0 Å². The molecule has 20 heavy (non-hydrogen) atoms. The van der Waals surface area contributed by atoms with Gasteiger partial charge in [0.15, 0.2) is 0 Å². The number of nitrogens with one attached hydrogen (secondary N) is 2. The summed E-state index contributed by atoms with van der Waals surface area (Å²) in [4.78, 5) is 11.9. The molecule has 2 atom stereocenters. The van der Waals surface area contributed by atoms with Crippen molar-refractivity contribution in [2.45, 2.75) is 45.1 Å². The van der Waals surface area contributed by atoms with Crippen LogP contribution in [-0.4, -0.2) is 18.6 Å². The first-order valence-corrected chi connectivity index (χ1v) is 7.82. The maximum atomic E-state index is 11.9. The number of amides is 2. The number of rotatable bonds is 4. The number of hydrogen-bond donors (Lipinski definition) is 2. The van der Waals surface area contributed by atoms with E-state index >= 15 is 0 Å². The van der Waals surface area contributed by atoms with Crippen molar-refractivity contribution < 1.29 is 4.79 Å². The number of hydrogen-bond acceptors (Lipinski definition) is 1. The van der Waals surface area contributed by atoms with Crippen LogP contribution in [0.2, 0.25) is 5.02 Å². The fourth-order valence-electron chi connectivity index (χ4n) is 2.76. The van der Waals surface area contributed by atoms with E-state index in [4.69, 9.17) is 11.6 Å². The number of halogens is 1. The molecular weight excluding hydrogens is 272 g/mol. The molecule has 2 rings (SSSR count). The van der Waals surface area contributed by atoms with Crippen molar-refractivity contribution in [3.05, 3.63) is 34.9 Å². The molecule has 0 saturated heterocycles. The predicted molar refractivity (Wildman–Crippen MR) is 83.1 cm³/mol.